The molecule has 0 radical (unpaired) electrons. The minimum atomic E-state index is 0.618. The van der Waals surface area contributed by atoms with Gasteiger partial charge in [0, 0.05) is 27.2 Å². The molecule has 7 aromatic rings. The van der Waals surface area contributed by atoms with Crippen LogP contribution in [0.3, 0.4) is 0 Å². The van der Waals surface area contributed by atoms with Gasteiger partial charge in [-0.05, 0) is 36.4 Å². The van der Waals surface area contributed by atoms with Crippen molar-refractivity contribution in [2.24, 2.45) is 0 Å². The van der Waals surface area contributed by atoms with Crippen molar-refractivity contribution in [3.05, 3.63) is 104 Å². The van der Waals surface area contributed by atoms with Crippen LogP contribution in [0.15, 0.2) is 104 Å². The lowest BCUT2D eigenvalue weighted by Gasteiger charge is -2.08. The fourth-order valence-corrected chi connectivity index (χ4v) is 4.85. The Kier molecular flexibility index (Phi) is 3.49. The number of fused-ring (bicyclic) bond motifs is 6. The predicted octanol–water partition coefficient (Wildman–Crippen LogP) is 6.07. The van der Waals surface area contributed by atoms with Gasteiger partial charge < -0.3 is 4.57 Å². The summed E-state index contributed by atoms with van der Waals surface area (Å²) in [4.78, 5) is 12.9. The van der Waals surface area contributed by atoms with E-state index in [1.54, 1.807) is 12.7 Å². The highest BCUT2D eigenvalue weighted by molar-refractivity contribution is 6.19. The number of hydrogen-bond donors (Lipinski definition) is 0. The van der Waals surface area contributed by atoms with Crippen LogP contribution in [0.25, 0.3) is 55.2 Å². The van der Waals surface area contributed by atoms with E-state index < -0.39 is 0 Å². The average Bonchev–Trinajstić information content (AvgIpc) is 3.36. The van der Waals surface area contributed by atoms with Crippen LogP contribution in [0.5, 0.6) is 0 Å². The molecule has 5 nitrogen and oxygen atoms in total. The number of nitrogens with zero attached hydrogens (tertiary/aromatic N) is 5. The minimum Gasteiger partial charge on any atom is -0.309 e. The van der Waals surface area contributed by atoms with Crippen molar-refractivity contribution in [1.29, 1.82) is 0 Å². The summed E-state index contributed by atoms with van der Waals surface area (Å²) in [5.41, 5.74) is 5.64. The number of benzene rings is 4. The monoisotopic (exact) mass is 411 g/mol. The summed E-state index contributed by atoms with van der Waals surface area (Å²) in [6.07, 6.45) is 3.09. The van der Waals surface area contributed by atoms with Gasteiger partial charge in [-0.25, -0.2) is 15.0 Å². The molecule has 0 aliphatic heterocycles. The van der Waals surface area contributed by atoms with Gasteiger partial charge in [0.05, 0.1) is 22.1 Å². The number of aromatic nitrogens is 5. The molecule has 0 atom stereocenters. The third kappa shape index (κ3) is 2.30. The first-order chi connectivity index (χ1) is 15.9. The molecule has 0 aliphatic carbocycles. The Morgan fingerprint density at radius 2 is 1.03 bits per heavy atom. The zero-order valence-corrected chi connectivity index (χ0v) is 17.1. The van der Waals surface area contributed by atoms with E-state index in [0.717, 1.165) is 22.2 Å². The molecule has 0 amide bonds. The summed E-state index contributed by atoms with van der Waals surface area (Å²) >= 11 is 0. The van der Waals surface area contributed by atoms with Crippen LogP contribution in [0, 0.1) is 0 Å². The van der Waals surface area contributed by atoms with Gasteiger partial charge in [0.15, 0.2) is 0 Å². The fraction of sp³-hybridized carbons (Fsp3) is 0. The summed E-state index contributed by atoms with van der Waals surface area (Å²) in [7, 11) is 0. The molecule has 5 heteroatoms. The van der Waals surface area contributed by atoms with Gasteiger partial charge in [-0.2, -0.15) is 0 Å². The van der Waals surface area contributed by atoms with Crippen LogP contribution in [0.2, 0.25) is 0 Å². The van der Waals surface area contributed by atoms with E-state index in [0.29, 0.717) is 5.95 Å². The Bertz CT molecular complexity index is 1630. The van der Waals surface area contributed by atoms with Crippen LogP contribution >= 0.6 is 0 Å². The smallest absolute Gasteiger partial charge is 0.237 e. The van der Waals surface area contributed by atoms with Crippen LogP contribution in [-0.2, 0) is 0 Å². The standard InChI is InChI=1S/C27H17N5/c1-2-8-18(9-3-1)31-23-12-6-4-10-19(23)21-14-22-20-11-5-7-13-24(20)32(26(22)15-25(21)31)27-29-16-28-17-30-27/h1-17H. The normalized spacial score (nSPS) is 11.8. The van der Waals surface area contributed by atoms with Crippen molar-refractivity contribution in [1.82, 2.24) is 24.1 Å². The lowest BCUT2D eigenvalue weighted by Crippen LogP contribution is -2.01. The maximum Gasteiger partial charge on any atom is 0.237 e. The summed E-state index contributed by atoms with van der Waals surface area (Å²) in [5.74, 6) is 0.618. The summed E-state index contributed by atoms with van der Waals surface area (Å²) < 4.78 is 4.46. The highest BCUT2D eigenvalue weighted by Crippen LogP contribution is 2.38. The van der Waals surface area contributed by atoms with E-state index in [1.807, 2.05) is 6.07 Å². The van der Waals surface area contributed by atoms with Crippen molar-refractivity contribution in [2.75, 3.05) is 0 Å². The quantitative estimate of drug-likeness (QED) is 0.347. The second-order valence-electron chi connectivity index (χ2n) is 7.87. The Morgan fingerprint density at radius 1 is 0.469 bits per heavy atom. The molecule has 3 heterocycles. The molecule has 0 saturated heterocycles. The van der Waals surface area contributed by atoms with E-state index in [2.05, 4.69) is 109 Å². The van der Waals surface area contributed by atoms with Crippen LogP contribution < -0.4 is 0 Å². The van der Waals surface area contributed by atoms with Crippen molar-refractivity contribution >= 4 is 43.6 Å². The van der Waals surface area contributed by atoms with Crippen molar-refractivity contribution in [2.45, 2.75) is 0 Å². The van der Waals surface area contributed by atoms with Gasteiger partial charge in [-0.1, -0.05) is 54.6 Å². The van der Waals surface area contributed by atoms with Crippen molar-refractivity contribution in [3.63, 3.8) is 0 Å². The Morgan fingerprint density at radius 3 is 1.72 bits per heavy atom. The highest BCUT2D eigenvalue weighted by atomic mass is 15.2. The summed E-state index contributed by atoms with van der Waals surface area (Å²) in [5, 5.41) is 4.84. The van der Waals surface area contributed by atoms with Gasteiger partial charge in [-0.15, -0.1) is 0 Å². The molecule has 3 aromatic heterocycles. The van der Waals surface area contributed by atoms with Gasteiger partial charge >= 0.3 is 0 Å². The third-order valence-electron chi connectivity index (χ3n) is 6.16. The first-order valence-electron chi connectivity index (χ1n) is 10.5. The molecule has 0 bridgehead atoms. The molecule has 32 heavy (non-hydrogen) atoms. The van der Waals surface area contributed by atoms with E-state index >= 15 is 0 Å². The second kappa shape index (κ2) is 6.49. The molecule has 4 aromatic carbocycles. The predicted molar refractivity (Wildman–Crippen MR) is 129 cm³/mol. The van der Waals surface area contributed by atoms with Crippen LogP contribution in [0.4, 0.5) is 0 Å². The van der Waals surface area contributed by atoms with Gasteiger partial charge in [0.2, 0.25) is 5.95 Å². The zero-order chi connectivity index (χ0) is 21.1. The molecule has 0 unspecified atom stereocenters. The Labute approximate surface area is 183 Å². The van der Waals surface area contributed by atoms with Crippen LogP contribution in [0.1, 0.15) is 0 Å². The highest BCUT2D eigenvalue weighted by Gasteiger charge is 2.18. The van der Waals surface area contributed by atoms with E-state index in [-0.39, 0.29) is 0 Å². The number of para-hydroxylation sites is 3. The third-order valence-corrected chi connectivity index (χ3v) is 6.16. The minimum absolute atomic E-state index is 0.618. The van der Waals surface area contributed by atoms with Crippen molar-refractivity contribution in [3.8, 4) is 11.6 Å². The summed E-state index contributed by atoms with van der Waals surface area (Å²) in [6, 6.07) is 32.1. The molecular weight excluding hydrogens is 394 g/mol. The van der Waals surface area contributed by atoms with Crippen molar-refractivity contribution < 1.29 is 0 Å². The number of rotatable bonds is 2. The SMILES string of the molecule is c1ccc(-n2c3ccccc3c3cc4c5ccccc5n(-c5ncncn5)c4cc32)cc1. The lowest BCUT2D eigenvalue weighted by molar-refractivity contribution is 0.940. The van der Waals surface area contributed by atoms with Gasteiger partial charge in [0.25, 0.3) is 0 Å². The van der Waals surface area contributed by atoms with E-state index in [9.17, 15) is 0 Å². The fourth-order valence-electron chi connectivity index (χ4n) is 4.85. The first kappa shape index (κ1) is 17.2. The molecule has 7 rings (SSSR count). The maximum absolute atomic E-state index is 4.46. The Hall–Kier alpha value is -4.51. The molecule has 150 valence electrons. The first-order valence-corrected chi connectivity index (χ1v) is 10.5. The van der Waals surface area contributed by atoms with E-state index in [4.69, 9.17) is 0 Å². The molecule has 0 aliphatic rings. The van der Waals surface area contributed by atoms with E-state index in [1.165, 1.54) is 27.1 Å². The molecule has 0 fully saturated rings. The topological polar surface area (TPSA) is 48.5 Å². The number of hydrogen-bond acceptors (Lipinski definition) is 3. The zero-order valence-electron chi connectivity index (χ0n) is 17.1. The molecule has 0 spiro atoms. The molecule has 0 saturated carbocycles. The summed E-state index contributed by atoms with van der Waals surface area (Å²) in [6.45, 7) is 0. The molecular formula is C27H17N5. The average molecular weight is 411 g/mol. The molecule has 0 N–H and O–H groups in total. The Balaban J connectivity index is 1.71. The van der Waals surface area contributed by atoms with Gasteiger partial charge in [0.1, 0.15) is 12.7 Å². The maximum atomic E-state index is 4.46. The van der Waals surface area contributed by atoms with Crippen LogP contribution in [-0.4, -0.2) is 24.1 Å². The van der Waals surface area contributed by atoms with Gasteiger partial charge in [-0.3, -0.25) is 4.57 Å². The largest absolute Gasteiger partial charge is 0.309 e. The second-order valence-corrected chi connectivity index (χ2v) is 7.87. The lowest BCUT2D eigenvalue weighted by atomic mass is 10.1.